The van der Waals surface area contributed by atoms with E-state index in [-0.39, 0.29) is 5.96 Å². The molecule has 0 bridgehead atoms. The Morgan fingerprint density at radius 1 is 1.50 bits per heavy atom. The van der Waals surface area contributed by atoms with E-state index in [1.54, 1.807) is 11.8 Å². The SMILES string of the molecule is CCc1cccnc1CSCCN=C(N)N. The van der Waals surface area contributed by atoms with Crippen molar-refractivity contribution in [1.29, 1.82) is 0 Å². The van der Waals surface area contributed by atoms with Gasteiger partial charge in [-0.1, -0.05) is 13.0 Å². The highest BCUT2D eigenvalue weighted by molar-refractivity contribution is 7.98. The quantitative estimate of drug-likeness (QED) is 0.443. The maximum Gasteiger partial charge on any atom is 0.185 e. The number of aromatic nitrogens is 1. The number of nitrogens with two attached hydrogens (primary N) is 2. The minimum atomic E-state index is 0.160. The summed E-state index contributed by atoms with van der Waals surface area (Å²) in [6, 6.07) is 4.10. The summed E-state index contributed by atoms with van der Waals surface area (Å²) < 4.78 is 0. The molecule has 1 aromatic rings. The van der Waals surface area contributed by atoms with Crippen molar-refractivity contribution in [3.8, 4) is 0 Å². The number of hydrogen-bond donors (Lipinski definition) is 2. The van der Waals surface area contributed by atoms with E-state index in [1.807, 2.05) is 12.3 Å². The van der Waals surface area contributed by atoms with Gasteiger partial charge in [0, 0.05) is 17.7 Å². The van der Waals surface area contributed by atoms with Crippen LogP contribution >= 0.6 is 11.8 Å². The topological polar surface area (TPSA) is 77.3 Å². The van der Waals surface area contributed by atoms with Crippen LogP contribution in [0.3, 0.4) is 0 Å². The first-order valence-electron chi connectivity index (χ1n) is 5.30. The molecule has 0 atom stereocenters. The van der Waals surface area contributed by atoms with Crippen LogP contribution in [0.2, 0.25) is 0 Å². The summed E-state index contributed by atoms with van der Waals surface area (Å²) in [5.41, 5.74) is 13.0. The fraction of sp³-hybridized carbons (Fsp3) is 0.455. The number of thioether (sulfide) groups is 1. The van der Waals surface area contributed by atoms with Crippen molar-refractivity contribution < 1.29 is 0 Å². The van der Waals surface area contributed by atoms with Crippen molar-refractivity contribution in [3.63, 3.8) is 0 Å². The molecule has 0 spiro atoms. The van der Waals surface area contributed by atoms with Crippen LogP contribution in [0.25, 0.3) is 0 Å². The molecule has 0 saturated heterocycles. The van der Waals surface area contributed by atoms with Gasteiger partial charge < -0.3 is 11.5 Å². The summed E-state index contributed by atoms with van der Waals surface area (Å²) >= 11 is 1.80. The van der Waals surface area contributed by atoms with Gasteiger partial charge in [-0.2, -0.15) is 11.8 Å². The lowest BCUT2D eigenvalue weighted by Crippen LogP contribution is -2.23. The molecule has 0 radical (unpaired) electrons. The van der Waals surface area contributed by atoms with E-state index in [2.05, 4.69) is 23.0 Å². The van der Waals surface area contributed by atoms with E-state index in [9.17, 15) is 0 Å². The molecule has 1 rings (SSSR count). The Balaban J connectivity index is 2.34. The molecule has 1 heterocycles. The van der Waals surface area contributed by atoms with Gasteiger partial charge in [0.1, 0.15) is 0 Å². The van der Waals surface area contributed by atoms with Gasteiger partial charge in [0.05, 0.1) is 12.2 Å². The molecule has 4 N–H and O–H groups in total. The zero-order chi connectivity index (χ0) is 11.8. The normalized spacial score (nSPS) is 10.1. The third-order valence-electron chi connectivity index (χ3n) is 2.13. The first kappa shape index (κ1) is 12.8. The predicted molar refractivity (Wildman–Crippen MR) is 70.5 cm³/mol. The molecule has 0 aliphatic rings. The van der Waals surface area contributed by atoms with Gasteiger partial charge >= 0.3 is 0 Å². The van der Waals surface area contributed by atoms with E-state index in [0.717, 1.165) is 17.9 Å². The highest BCUT2D eigenvalue weighted by atomic mass is 32.2. The molecular weight excluding hydrogens is 220 g/mol. The van der Waals surface area contributed by atoms with Crippen LogP contribution in [0, 0.1) is 0 Å². The monoisotopic (exact) mass is 238 g/mol. The zero-order valence-electron chi connectivity index (χ0n) is 9.52. The third-order valence-corrected chi connectivity index (χ3v) is 3.08. The van der Waals surface area contributed by atoms with Crippen LogP contribution in [0.1, 0.15) is 18.2 Å². The maximum absolute atomic E-state index is 5.24. The Hall–Kier alpha value is -1.23. The zero-order valence-corrected chi connectivity index (χ0v) is 10.3. The lowest BCUT2D eigenvalue weighted by molar-refractivity contribution is 1.03. The summed E-state index contributed by atoms with van der Waals surface area (Å²) in [7, 11) is 0. The lowest BCUT2D eigenvalue weighted by atomic mass is 10.1. The number of aliphatic imine (C=N–C) groups is 1. The Labute approximate surface area is 101 Å². The molecule has 0 saturated carbocycles. The first-order valence-corrected chi connectivity index (χ1v) is 6.45. The molecule has 16 heavy (non-hydrogen) atoms. The molecule has 0 unspecified atom stereocenters. The summed E-state index contributed by atoms with van der Waals surface area (Å²) in [6.07, 6.45) is 2.86. The minimum absolute atomic E-state index is 0.160. The van der Waals surface area contributed by atoms with Crippen LogP contribution in [0.5, 0.6) is 0 Å². The molecule has 0 aliphatic carbocycles. The van der Waals surface area contributed by atoms with Gasteiger partial charge in [0.25, 0.3) is 0 Å². The van der Waals surface area contributed by atoms with E-state index in [0.29, 0.717) is 6.54 Å². The van der Waals surface area contributed by atoms with Crippen molar-refractivity contribution in [1.82, 2.24) is 4.98 Å². The van der Waals surface area contributed by atoms with Gasteiger partial charge in [-0.25, -0.2) is 0 Å². The Morgan fingerprint density at radius 3 is 3.00 bits per heavy atom. The maximum atomic E-state index is 5.24. The Kier molecular flexibility index (Phi) is 5.71. The van der Waals surface area contributed by atoms with Crippen LogP contribution in [-0.4, -0.2) is 23.2 Å². The smallest absolute Gasteiger partial charge is 0.185 e. The summed E-state index contributed by atoms with van der Waals surface area (Å²) in [4.78, 5) is 8.31. The predicted octanol–water partition coefficient (Wildman–Crippen LogP) is 1.15. The largest absolute Gasteiger partial charge is 0.370 e. The molecule has 5 heteroatoms. The fourth-order valence-electron chi connectivity index (χ4n) is 1.33. The second-order valence-corrected chi connectivity index (χ2v) is 4.43. The number of guanidine groups is 1. The fourth-order valence-corrected chi connectivity index (χ4v) is 2.15. The van der Waals surface area contributed by atoms with E-state index in [4.69, 9.17) is 11.5 Å². The van der Waals surface area contributed by atoms with Gasteiger partial charge in [0.2, 0.25) is 0 Å². The number of hydrogen-bond acceptors (Lipinski definition) is 3. The first-order chi connectivity index (χ1) is 7.74. The molecular formula is C11H18N4S. The van der Waals surface area contributed by atoms with E-state index in [1.165, 1.54) is 11.3 Å². The summed E-state index contributed by atoms with van der Waals surface area (Å²) in [6.45, 7) is 2.81. The molecule has 0 fully saturated rings. The molecule has 0 aromatic carbocycles. The number of aryl methyl sites for hydroxylation is 1. The summed E-state index contributed by atoms with van der Waals surface area (Å²) in [5.74, 6) is 1.99. The highest BCUT2D eigenvalue weighted by Crippen LogP contribution is 2.14. The standard InChI is InChI=1S/C11H18N4S/c1-2-9-4-3-5-14-10(9)8-16-7-6-15-11(12)13/h3-5H,2,6-8H2,1H3,(H4,12,13,15). The molecule has 4 nitrogen and oxygen atoms in total. The van der Waals surface area contributed by atoms with Gasteiger partial charge in [-0.3, -0.25) is 9.98 Å². The molecule has 0 aliphatic heterocycles. The van der Waals surface area contributed by atoms with Crippen molar-refractivity contribution >= 4 is 17.7 Å². The number of nitrogens with zero attached hydrogens (tertiary/aromatic N) is 2. The van der Waals surface area contributed by atoms with Crippen LogP contribution in [-0.2, 0) is 12.2 Å². The molecule has 1 aromatic heterocycles. The van der Waals surface area contributed by atoms with E-state index >= 15 is 0 Å². The number of rotatable bonds is 6. The molecule has 0 amide bonds. The van der Waals surface area contributed by atoms with Crippen LogP contribution in [0.4, 0.5) is 0 Å². The minimum Gasteiger partial charge on any atom is -0.370 e. The van der Waals surface area contributed by atoms with Crippen molar-refractivity contribution in [2.24, 2.45) is 16.5 Å². The highest BCUT2D eigenvalue weighted by Gasteiger charge is 2.00. The summed E-state index contributed by atoms with van der Waals surface area (Å²) in [5, 5.41) is 0. The number of pyridine rings is 1. The van der Waals surface area contributed by atoms with Crippen molar-refractivity contribution in [3.05, 3.63) is 29.6 Å². The van der Waals surface area contributed by atoms with E-state index < -0.39 is 0 Å². The average Bonchev–Trinajstić information content (AvgIpc) is 2.29. The van der Waals surface area contributed by atoms with Crippen LogP contribution < -0.4 is 11.5 Å². The lowest BCUT2D eigenvalue weighted by Gasteiger charge is -2.05. The third kappa shape index (κ3) is 4.53. The Bertz CT molecular complexity index is 348. The second kappa shape index (κ2) is 7.11. The van der Waals surface area contributed by atoms with Crippen LogP contribution in [0.15, 0.2) is 23.3 Å². The van der Waals surface area contributed by atoms with Gasteiger partial charge in [-0.15, -0.1) is 0 Å². The average molecular weight is 238 g/mol. The molecule has 88 valence electrons. The van der Waals surface area contributed by atoms with Gasteiger partial charge in [0.15, 0.2) is 5.96 Å². The second-order valence-electron chi connectivity index (χ2n) is 3.32. The van der Waals surface area contributed by atoms with Gasteiger partial charge in [-0.05, 0) is 18.1 Å². The van der Waals surface area contributed by atoms with Crippen molar-refractivity contribution in [2.45, 2.75) is 19.1 Å². The van der Waals surface area contributed by atoms with Crippen molar-refractivity contribution in [2.75, 3.05) is 12.3 Å². The Morgan fingerprint density at radius 2 is 2.31 bits per heavy atom.